The van der Waals surface area contributed by atoms with E-state index in [1.54, 1.807) is 18.2 Å². The van der Waals surface area contributed by atoms with Crippen molar-refractivity contribution in [3.05, 3.63) is 23.2 Å². The highest BCUT2D eigenvalue weighted by molar-refractivity contribution is 6.32. The lowest BCUT2D eigenvalue weighted by Crippen LogP contribution is -2.24. The molecule has 0 bridgehead atoms. The predicted octanol–water partition coefficient (Wildman–Crippen LogP) is 1.81. The van der Waals surface area contributed by atoms with Crippen LogP contribution in [-0.4, -0.2) is 25.0 Å². The first kappa shape index (κ1) is 13.7. The maximum Gasteiger partial charge on any atom is 0.229 e. The molecule has 1 aromatic rings. The van der Waals surface area contributed by atoms with E-state index in [9.17, 15) is 9.59 Å². The fraction of sp³-hybridized carbons (Fsp3) is 0.385. The molecule has 1 fully saturated rings. The van der Waals surface area contributed by atoms with Crippen LogP contribution in [-0.2, 0) is 9.59 Å². The number of nitrogens with one attached hydrogen (secondary N) is 2. The minimum Gasteiger partial charge on any atom is -0.492 e. The number of amides is 2. The highest BCUT2D eigenvalue weighted by Crippen LogP contribution is 2.28. The molecule has 1 unspecified atom stereocenters. The standard InChI is InChI=1S/C13H15ClN2O3/c1-2-19-11-4-3-9(6-10(11)14)16-13(18)8-5-12(17)15-7-8/h3-4,6,8H,2,5,7H2,1H3,(H,15,17)(H,16,18). The Bertz CT molecular complexity index is 505. The highest BCUT2D eigenvalue weighted by Gasteiger charge is 2.27. The molecule has 2 amide bonds. The van der Waals surface area contributed by atoms with Gasteiger partial charge in [0.05, 0.1) is 17.5 Å². The average molecular weight is 283 g/mol. The molecular weight excluding hydrogens is 268 g/mol. The normalized spacial score (nSPS) is 18.0. The van der Waals surface area contributed by atoms with Crippen molar-refractivity contribution < 1.29 is 14.3 Å². The van der Waals surface area contributed by atoms with Crippen molar-refractivity contribution in [3.8, 4) is 5.75 Å². The van der Waals surface area contributed by atoms with Gasteiger partial charge in [-0.3, -0.25) is 9.59 Å². The molecule has 0 radical (unpaired) electrons. The van der Waals surface area contributed by atoms with Gasteiger partial charge in [0.1, 0.15) is 5.75 Å². The van der Waals surface area contributed by atoms with E-state index in [-0.39, 0.29) is 24.2 Å². The van der Waals surface area contributed by atoms with E-state index in [4.69, 9.17) is 16.3 Å². The fourth-order valence-corrected chi connectivity index (χ4v) is 2.12. The van der Waals surface area contributed by atoms with Gasteiger partial charge >= 0.3 is 0 Å². The third-order valence-corrected chi connectivity index (χ3v) is 3.14. The Morgan fingerprint density at radius 3 is 2.95 bits per heavy atom. The van der Waals surface area contributed by atoms with E-state index >= 15 is 0 Å². The molecule has 6 heteroatoms. The second-order valence-corrected chi connectivity index (χ2v) is 4.68. The van der Waals surface area contributed by atoms with Crippen LogP contribution in [0.3, 0.4) is 0 Å². The van der Waals surface area contributed by atoms with Crippen LogP contribution >= 0.6 is 11.6 Å². The largest absolute Gasteiger partial charge is 0.492 e. The summed E-state index contributed by atoms with van der Waals surface area (Å²) in [4.78, 5) is 23.0. The first-order chi connectivity index (χ1) is 9.10. The smallest absolute Gasteiger partial charge is 0.229 e. The van der Waals surface area contributed by atoms with Crippen molar-refractivity contribution in [1.29, 1.82) is 0 Å². The van der Waals surface area contributed by atoms with Gasteiger partial charge in [0.25, 0.3) is 0 Å². The summed E-state index contributed by atoms with van der Waals surface area (Å²) >= 11 is 6.03. The summed E-state index contributed by atoms with van der Waals surface area (Å²) in [5.41, 5.74) is 0.595. The molecule has 5 nitrogen and oxygen atoms in total. The van der Waals surface area contributed by atoms with E-state index < -0.39 is 0 Å². The van der Waals surface area contributed by atoms with Gasteiger partial charge in [-0.05, 0) is 25.1 Å². The molecule has 2 N–H and O–H groups in total. The van der Waals surface area contributed by atoms with E-state index in [2.05, 4.69) is 10.6 Å². The Hall–Kier alpha value is -1.75. The lowest BCUT2D eigenvalue weighted by molar-refractivity contribution is -0.123. The van der Waals surface area contributed by atoms with Gasteiger partial charge in [-0.2, -0.15) is 0 Å². The molecule has 102 valence electrons. The quantitative estimate of drug-likeness (QED) is 0.885. The van der Waals surface area contributed by atoms with Crippen LogP contribution < -0.4 is 15.4 Å². The van der Waals surface area contributed by atoms with Crippen molar-refractivity contribution in [2.45, 2.75) is 13.3 Å². The Kier molecular flexibility index (Phi) is 4.27. The molecule has 1 aliphatic rings. The van der Waals surface area contributed by atoms with Crippen LogP contribution in [0.2, 0.25) is 5.02 Å². The number of benzene rings is 1. The maximum atomic E-state index is 11.9. The topological polar surface area (TPSA) is 67.4 Å². The highest BCUT2D eigenvalue weighted by atomic mass is 35.5. The van der Waals surface area contributed by atoms with Gasteiger partial charge in [-0.15, -0.1) is 0 Å². The zero-order chi connectivity index (χ0) is 13.8. The average Bonchev–Trinajstić information content (AvgIpc) is 2.80. The van der Waals surface area contributed by atoms with Crippen LogP contribution in [0.5, 0.6) is 5.75 Å². The van der Waals surface area contributed by atoms with Crippen molar-refractivity contribution in [3.63, 3.8) is 0 Å². The number of hydrogen-bond donors (Lipinski definition) is 2. The van der Waals surface area contributed by atoms with Crippen LogP contribution in [0.1, 0.15) is 13.3 Å². The Labute approximate surface area is 116 Å². The molecule has 2 rings (SSSR count). The molecule has 1 aliphatic heterocycles. The summed E-state index contributed by atoms with van der Waals surface area (Å²) in [5.74, 6) is -0.0128. The number of anilines is 1. The Morgan fingerprint density at radius 2 is 2.37 bits per heavy atom. The number of ether oxygens (including phenoxy) is 1. The van der Waals surface area contributed by atoms with Crippen molar-refractivity contribution in [2.75, 3.05) is 18.5 Å². The fourth-order valence-electron chi connectivity index (χ4n) is 1.89. The lowest BCUT2D eigenvalue weighted by atomic mass is 10.1. The molecule has 1 atom stereocenters. The van der Waals surface area contributed by atoms with Gasteiger partial charge < -0.3 is 15.4 Å². The first-order valence-corrected chi connectivity index (χ1v) is 6.48. The summed E-state index contributed by atoms with van der Waals surface area (Å²) in [6, 6.07) is 5.06. The SMILES string of the molecule is CCOc1ccc(NC(=O)C2CNC(=O)C2)cc1Cl. The molecular formula is C13H15ClN2O3. The van der Waals surface area contributed by atoms with Gasteiger partial charge in [0.2, 0.25) is 11.8 Å². The van der Waals surface area contributed by atoms with Crippen LogP contribution in [0.4, 0.5) is 5.69 Å². The zero-order valence-electron chi connectivity index (χ0n) is 10.5. The molecule has 1 heterocycles. The second kappa shape index (κ2) is 5.93. The Morgan fingerprint density at radius 1 is 1.58 bits per heavy atom. The molecule has 0 saturated carbocycles. The summed E-state index contributed by atoms with van der Waals surface area (Å²) in [7, 11) is 0. The molecule has 0 aliphatic carbocycles. The first-order valence-electron chi connectivity index (χ1n) is 6.10. The van der Waals surface area contributed by atoms with E-state index in [1.165, 1.54) is 0 Å². The number of halogens is 1. The zero-order valence-corrected chi connectivity index (χ0v) is 11.3. The van der Waals surface area contributed by atoms with Gasteiger partial charge in [-0.25, -0.2) is 0 Å². The van der Waals surface area contributed by atoms with E-state index in [1.807, 2.05) is 6.92 Å². The summed E-state index contributed by atoms with van der Waals surface area (Å²) in [6.07, 6.45) is 0.233. The lowest BCUT2D eigenvalue weighted by Gasteiger charge is -2.11. The van der Waals surface area contributed by atoms with Crippen molar-refractivity contribution in [1.82, 2.24) is 5.32 Å². The summed E-state index contributed by atoms with van der Waals surface area (Å²) in [6.45, 7) is 2.78. The van der Waals surface area contributed by atoms with Gasteiger partial charge in [-0.1, -0.05) is 11.6 Å². The summed E-state index contributed by atoms with van der Waals surface area (Å²) in [5, 5.41) is 5.82. The monoisotopic (exact) mass is 282 g/mol. The molecule has 19 heavy (non-hydrogen) atoms. The molecule has 1 saturated heterocycles. The second-order valence-electron chi connectivity index (χ2n) is 4.27. The molecule has 0 aromatic heterocycles. The van der Waals surface area contributed by atoms with Crippen LogP contribution in [0.15, 0.2) is 18.2 Å². The third-order valence-electron chi connectivity index (χ3n) is 2.85. The van der Waals surface area contributed by atoms with E-state index in [0.29, 0.717) is 29.6 Å². The van der Waals surface area contributed by atoms with Crippen molar-refractivity contribution in [2.24, 2.45) is 5.92 Å². The van der Waals surface area contributed by atoms with E-state index in [0.717, 1.165) is 0 Å². The van der Waals surface area contributed by atoms with Crippen LogP contribution in [0.25, 0.3) is 0 Å². The molecule has 0 spiro atoms. The number of carbonyl (C=O) groups excluding carboxylic acids is 2. The van der Waals surface area contributed by atoms with Gasteiger partial charge in [0.15, 0.2) is 0 Å². The number of carbonyl (C=O) groups is 2. The predicted molar refractivity (Wildman–Crippen MR) is 72.4 cm³/mol. The number of rotatable bonds is 4. The molecule has 1 aromatic carbocycles. The Balaban J connectivity index is 2.01. The van der Waals surface area contributed by atoms with Gasteiger partial charge in [0, 0.05) is 18.7 Å². The minimum absolute atomic E-state index is 0.0927. The summed E-state index contributed by atoms with van der Waals surface area (Å²) < 4.78 is 5.31. The maximum absolute atomic E-state index is 11.9. The minimum atomic E-state index is -0.321. The number of hydrogen-bond acceptors (Lipinski definition) is 3. The third kappa shape index (κ3) is 3.38. The van der Waals surface area contributed by atoms with Crippen molar-refractivity contribution >= 4 is 29.1 Å². The van der Waals surface area contributed by atoms with Crippen LogP contribution in [0, 0.1) is 5.92 Å².